The van der Waals surface area contributed by atoms with Crippen molar-refractivity contribution < 1.29 is 14.6 Å². The molecule has 10 heteroatoms. The Morgan fingerprint density at radius 1 is 1.15 bits per heavy atom. The molecule has 0 aliphatic rings. The predicted molar refractivity (Wildman–Crippen MR) is 132 cm³/mol. The Morgan fingerprint density at radius 3 is 2.48 bits per heavy atom. The van der Waals surface area contributed by atoms with E-state index in [2.05, 4.69) is 20.6 Å². The minimum atomic E-state index is -1.00. The maximum absolute atomic E-state index is 13.4. The molecule has 0 fully saturated rings. The average molecular weight is 490 g/mol. The number of carbonyl (C=O) groups is 1. The number of anilines is 4. The molecule has 3 N–H and O–H groups in total. The Kier molecular flexibility index (Phi) is 7.63. The number of halogens is 2. The lowest BCUT2D eigenvalue weighted by Crippen LogP contribution is -2.40. The van der Waals surface area contributed by atoms with Crippen LogP contribution in [0.4, 0.5) is 27.9 Å². The van der Waals surface area contributed by atoms with E-state index in [1.807, 2.05) is 6.92 Å². The third-order valence-electron chi connectivity index (χ3n) is 5.00. The van der Waals surface area contributed by atoms with Crippen LogP contribution in [0.3, 0.4) is 0 Å². The van der Waals surface area contributed by atoms with Crippen LogP contribution >= 0.6 is 23.2 Å². The summed E-state index contributed by atoms with van der Waals surface area (Å²) < 4.78 is 5.22. The van der Waals surface area contributed by atoms with Gasteiger partial charge in [-0.25, -0.2) is 14.7 Å². The molecule has 0 aliphatic heterocycles. The molecule has 1 heterocycles. The van der Waals surface area contributed by atoms with Crippen molar-refractivity contribution in [2.45, 2.75) is 32.4 Å². The summed E-state index contributed by atoms with van der Waals surface area (Å²) in [5.41, 5.74) is -0.113. The third kappa shape index (κ3) is 6.04. The number of hydrogen-bond donors (Lipinski definition) is 3. The van der Waals surface area contributed by atoms with Crippen LogP contribution in [-0.2, 0) is 0 Å². The Labute approximate surface area is 202 Å². The van der Waals surface area contributed by atoms with Gasteiger partial charge in [0.15, 0.2) is 0 Å². The quantitative estimate of drug-likeness (QED) is 0.391. The molecule has 3 rings (SSSR count). The van der Waals surface area contributed by atoms with Crippen LogP contribution in [0.25, 0.3) is 0 Å². The van der Waals surface area contributed by atoms with Crippen LogP contribution in [0.1, 0.15) is 20.8 Å². The fourth-order valence-electron chi connectivity index (χ4n) is 2.77. The monoisotopic (exact) mass is 489 g/mol. The summed E-state index contributed by atoms with van der Waals surface area (Å²) in [6, 6.07) is 12.6. The summed E-state index contributed by atoms with van der Waals surface area (Å²) in [6.45, 7) is 5.17. The predicted octanol–water partition coefficient (Wildman–Crippen LogP) is 5.73. The molecule has 0 bridgehead atoms. The number of nitrogens with one attached hydrogen (secondary N) is 2. The van der Waals surface area contributed by atoms with Gasteiger partial charge in [0.05, 0.1) is 40.2 Å². The lowest BCUT2D eigenvalue weighted by Gasteiger charge is -2.27. The van der Waals surface area contributed by atoms with E-state index in [9.17, 15) is 9.90 Å². The zero-order valence-corrected chi connectivity index (χ0v) is 20.1. The van der Waals surface area contributed by atoms with Crippen LogP contribution in [0.5, 0.6) is 5.75 Å². The first-order valence-corrected chi connectivity index (χ1v) is 10.9. The molecule has 33 heavy (non-hydrogen) atoms. The van der Waals surface area contributed by atoms with E-state index in [-0.39, 0.29) is 17.0 Å². The number of rotatable bonds is 7. The first kappa shape index (κ1) is 24.6. The minimum Gasteiger partial charge on any atom is -0.497 e. The maximum atomic E-state index is 13.4. The first-order valence-electron chi connectivity index (χ1n) is 10.1. The molecule has 174 valence electrons. The first-order chi connectivity index (χ1) is 15.6. The SMILES string of the molecule is COc1ccc(N(C(=O)Nc2cccc(Cl)c2Cl)c2ccnc(N[C@@H](C)C(C)(C)O)n2)cc1. The molecule has 0 radical (unpaired) electrons. The average Bonchev–Trinajstić information content (AvgIpc) is 2.77. The number of aliphatic hydroxyl groups is 1. The molecule has 8 nitrogen and oxygen atoms in total. The van der Waals surface area contributed by atoms with E-state index < -0.39 is 11.6 Å². The standard InChI is InChI=1S/C23H25Cl2N5O3/c1-14(23(2,3)32)27-21-26-13-12-19(29-21)30(15-8-10-16(33-4)11-9-15)22(31)28-18-7-5-6-17(24)20(18)25/h5-14,32H,1-4H3,(H,28,31)(H,26,27,29)/t14-/m0/s1. The summed E-state index contributed by atoms with van der Waals surface area (Å²) in [4.78, 5) is 23.5. The summed E-state index contributed by atoms with van der Waals surface area (Å²) in [7, 11) is 1.56. The minimum absolute atomic E-state index is 0.228. The molecule has 0 saturated carbocycles. The molecule has 0 spiro atoms. The topological polar surface area (TPSA) is 99.6 Å². The highest BCUT2D eigenvalue weighted by Crippen LogP contribution is 2.32. The van der Waals surface area contributed by atoms with Gasteiger partial charge >= 0.3 is 6.03 Å². The number of hydrogen-bond acceptors (Lipinski definition) is 6. The fourth-order valence-corrected chi connectivity index (χ4v) is 3.12. The lowest BCUT2D eigenvalue weighted by atomic mass is 10.0. The highest BCUT2D eigenvalue weighted by Gasteiger charge is 2.25. The van der Waals surface area contributed by atoms with Crippen LogP contribution in [0, 0.1) is 0 Å². The molecule has 2 amide bonds. The van der Waals surface area contributed by atoms with E-state index >= 15 is 0 Å². The summed E-state index contributed by atoms with van der Waals surface area (Å²) in [5, 5.41) is 16.6. The van der Waals surface area contributed by atoms with Crippen molar-refractivity contribution in [2.24, 2.45) is 0 Å². The van der Waals surface area contributed by atoms with Crippen molar-refractivity contribution in [2.75, 3.05) is 22.6 Å². The second-order valence-corrected chi connectivity index (χ2v) is 8.61. The Balaban J connectivity index is 1.99. The van der Waals surface area contributed by atoms with E-state index in [4.69, 9.17) is 27.9 Å². The molecular formula is C23H25Cl2N5O3. The zero-order chi connectivity index (χ0) is 24.2. The summed E-state index contributed by atoms with van der Waals surface area (Å²) in [6.07, 6.45) is 1.53. The van der Waals surface area contributed by atoms with Gasteiger partial charge in [-0.05, 0) is 57.2 Å². The highest BCUT2D eigenvalue weighted by atomic mass is 35.5. The summed E-state index contributed by atoms with van der Waals surface area (Å²) >= 11 is 12.3. The van der Waals surface area contributed by atoms with Crippen molar-refractivity contribution >= 4 is 52.4 Å². The Hall–Kier alpha value is -3.07. The van der Waals surface area contributed by atoms with Crippen LogP contribution < -0.4 is 20.3 Å². The zero-order valence-electron chi connectivity index (χ0n) is 18.6. The lowest BCUT2D eigenvalue weighted by molar-refractivity contribution is 0.0646. The van der Waals surface area contributed by atoms with Gasteiger partial charge in [-0.1, -0.05) is 29.3 Å². The number of amides is 2. The van der Waals surface area contributed by atoms with Gasteiger partial charge < -0.3 is 20.5 Å². The molecule has 0 unspecified atom stereocenters. The second kappa shape index (κ2) is 10.2. The van der Waals surface area contributed by atoms with Gasteiger partial charge in [0, 0.05) is 12.3 Å². The molecule has 1 aromatic heterocycles. The number of aromatic nitrogens is 2. The van der Waals surface area contributed by atoms with E-state index in [0.29, 0.717) is 28.0 Å². The second-order valence-electron chi connectivity index (χ2n) is 7.82. The number of ether oxygens (including phenoxy) is 1. The Bertz CT molecular complexity index is 1120. The molecular weight excluding hydrogens is 465 g/mol. The largest absolute Gasteiger partial charge is 0.497 e. The van der Waals surface area contributed by atoms with Crippen molar-refractivity contribution in [1.29, 1.82) is 0 Å². The molecule has 0 aliphatic carbocycles. The van der Waals surface area contributed by atoms with Crippen LogP contribution in [-0.4, -0.2) is 39.9 Å². The van der Waals surface area contributed by atoms with Gasteiger partial charge in [-0.2, -0.15) is 4.98 Å². The number of urea groups is 1. The number of methoxy groups -OCH3 is 1. The van der Waals surface area contributed by atoms with Gasteiger partial charge in [0.1, 0.15) is 11.6 Å². The Morgan fingerprint density at radius 2 is 1.85 bits per heavy atom. The molecule has 3 aromatic rings. The van der Waals surface area contributed by atoms with E-state index in [1.165, 1.54) is 11.1 Å². The number of benzene rings is 2. The number of nitrogens with zero attached hydrogens (tertiary/aromatic N) is 3. The normalized spacial score (nSPS) is 12.1. The molecule has 0 saturated heterocycles. The van der Waals surface area contributed by atoms with Crippen molar-refractivity contribution in [1.82, 2.24) is 9.97 Å². The van der Waals surface area contributed by atoms with Crippen molar-refractivity contribution in [3.8, 4) is 5.75 Å². The van der Waals surface area contributed by atoms with Gasteiger partial charge in [0.2, 0.25) is 5.95 Å². The fraction of sp³-hybridized carbons (Fsp3) is 0.261. The molecule has 1 atom stereocenters. The van der Waals surface area contributed by atoms with E-state index in [1.54, 1.807) is 69.5 Å². The maximum Gasteiger partial charge on any atom is 0.332 e. The third-order valence-corrected chi connectivity index (χ3v) is 5.82. The smallest absolute Gasteiger partial charge is 0.332 e. The summed E-state index contributed by atoms with van der Waals surface area (Å²) in [5.74, 6) is 1.20. The van der Waals surface area contributed by atoms with Crippen LogP contribution in [0.15, 0.2) is 54.7 Å². The van der Waals surface area contributed by atoms with Gasteiger partial charge in [-0.3, -0.25) is 0 Å². The molecule has 2 aromatic carbocycles. The van der Waals surface area contributed by atoms with Crippen molar-refractivity contribution in [3.05, 3.63) is 64.8 Å². The number of carbonyl (C=O) groups excluding carboxylic acids is 1. The van der Waals surface area contributed by atoms with Gasteiger partial charge in [0.25, 0.3) is 0 Å². The highest BCUT2D eigenvalue weighted by molar-refractivity contribution is 6.44. The van der Waals surface area contributed by atoms with Crippen LogP contribution in [0.2, 0.25) is 10.0 Å². The van der Waals surface area contributed by atoms with Crippen molar-refractivity contribution in [3.63, 3.8) is 0 Å². The van der Waals surface area contributed by atoms with Gasteiger partial charge in [-0.15, -0.1) is 0 Å². The van der Waals surface area contributed by atoms with E-state index in [0.717, 1.165) is 0 Å².